The molecule has 100 valence electrons. The van der Waals surface area contributed by atoms with E-state index in [4.69, 9.17) is 5.11 Å². The zero-order valence-corrected chi connectivity index (χ0v) is 11.5. The zero-order valence-electron chi connectivity index (χ0n) is 11.5. The van der Waals surface area contributed by atoms with Crippen molar-refractivity contribution in [2.24, 2.45) is 0 Å². The van der Waals surface area contributed by atoms with E-state index in [2.05, 4.69) is 37.8 Å². The van der Waals surface area contributed by atoms with Crippen molar-refractivity contribution in [2.45, 2.75) is 46.2 Å². The van der Waals surface area contributed by atoms with Gasteiger partial charge in [-0.2, -0.15) is 0 Å². The molecular weight excluding hydrogens is 226 g/mol. The number of benzene rings is 1. The fourth-order valence-electron chi connectivity index (χ4n) is 1.96. The lowest BCUT2D eigenvalue weighted by molar-refractivity contribution is -0.137. The maximum Gasteiger partial charge on any atom is 0.304 e. The molecule has 0 heterocycles. The summed E-state index contributed by atoms with van der Waals surface area (Å²) in [5.41, 5.74) is 2.55. The largest absolute Gasteiger partial charge is 0.481 e. The van der Waals surface area contributed by atoms with Gasteiger partial charge in [0.05, 0.1) is 6.42 Å². The van der Waals surface area contributed by atoms with E-state index in [1.807, 2.05) is 12.1 Å². The first-order chi connectivity index (χ1) is 8.54. The van der Waals surface area contributed by atoms with Crippen molar-refractivity contribution in [3.8, 4) is 0 Å². The summed E-state index contributed by atoms with van der Waals surface area (Å²) >= 11 is 0. The number of carboxylic acids is 1. The van der Waals surface area contributed by atoms with E-state index in [0.29, 0.717) is 12.6 Å². The molecule has 0 saturated heterocycles. The lowest BCUT2D eigenvalue weighted by Crippen LogP contribution is -2.34. The van der Waals surface area contributed by atoms with Crippen molar-refractivity contribution >= 4 is 5.97 Å². The fourth-order valence-corrected chi connectivity index (χ4v) is 1.96. The predicted molar refractivity (Wildman–Crippen MR) is 73.6 cm³/mol. The molecule has 1 aromatic rings. The van der Waals surface area contributed by atoms with Crippen LogP contribution >= 0.6 is 0 Å². The Hall–Kier alpha value is -1.35. The zero-order chi connectivity index (χ0) is 13.5. The molecule has 3 nitrogen and oxygen atoms in total. The third-order valence-corrected chi connectivity index (χ3v) is 3.46. The van der Waals surface area contributed by atoms with Crippen LogP contribution in [-0.4, -0.2) is 28.6 Å². The monoisotopic (exact) mass is 249 g/mol. The number of hydrogen-bond donors (Lipinski definition) is 1. The van der Waals surface area contributed by atoms with Crippen LogP contribution in [0.5, 0.6) is 0 Å². The van der Waals surface area contributed by atoms with Gasteiger partial charge in [-0.05, 0) is 31.4 Å². The van der Waals surface area contributed by atoms with Crippen LogP contribution in [0, 0.1) is 6.92 Å². The Kier molecular flexibility index (Phi) is 5.86. The van der Waals surface area contributed by atoms with Gasteiger partial charge in [0.15, 0.2) is 0 Å². The van der Waals surface area contributed by atoms with Gasteiger partial charge in [-0.1, -0.05) is 31.2 Å². The van der Waals surface area contributed by atoms with Crippen LogP contribution < -0.4 is 0 Å². The molecule has 0 saturated carbocycles. The fraction of sp³-hybridized carbons (Fsp3) is 0.533. The molecule has 0 bridgehead atoms. The molecule has 0 amide bonds. The van der Waals surface area contributed by atoms with E-state index in [9.17, 15) is 4.79 Å². The van der Waals surface area contributed by atoms with Gasteiger partial charge in [0.1, 0.15) is 0 Å². The quantitative estimate of drug-likeness (QED) is 0.807. The van der Waals surface area contributed by atoms with E-state index >= 15 is 0 Å². The minimum Gasteiger partial charge on any atom is -0.481 e. The summed E-state index contributed by atoms with van der Waals surface area (Å²) in [7, 11) is 0. The predicted octanol–water partition coefficient (Wildman–Crippen LogP) is 3.07. The Morgan fingerprint density at radius 1 is 1.39 bits per heavy atom. The number of aryl methyl sites for hydroxylation is 1. The highest BCUT2D eigenvalue weighted by atomic mass is 16.4. The lowest BCUT2D eigenvalue weighted by Gasteiger charge is -2.28. The number of hydrogen-bond acceptors (Lipinski definition) is 2. The summed E-state index contributed by atoms with van der Waals surface area (Å²) in [6.07, 6.45) is 1.24. The van der Waals surface area contributed by atoms with Crippen molar-refractivity contribution in [1.29, 1.82) is 0 Å². The first kappa shape index (κ1) is 14.7. The summed E-state index contributed by atoms with van der Waals surface area (Å²) in [5, 5.41) is 8.81. The molecule has 0 aliphatic rings. The minimum absolute atomic E-state index is 0.205. The summed E-state index contributed by atoms with van der Waals surface area (Å²) in [5.74, 6) is -0.729. The molecule has 1 N–H and O–H groups in total. The van der Waals surface area contributed by atoms with Crippen molar-refractivity contribution in [1.82, 2.24) is 4.90 Å². The Morgan fingerprint density at radius 3 is 2.61 bits per heavy atom. The van der Waals surface area contributed by atoms with Crippen LogP contribution in [0.3, 0.4) is 0 Å². The van der Waals surface area contributed by atoms with Gasteiger partial charge < -0.3 is 5.11 Å². The number of carboxylic acid groups (broad SMARTS) is 1. The second kappa shape index (κ2) is 7.17. The average molecular weight is 249 g/mol. The molecule has 0 aliphatic carbocycles. The smallest absolute Gasteiger partial charge is 0.304 e. The topological polar surface area (TPSA) is 40.5 Å². The van der Waals surface area contributed by atoms with Gasteiger partial charge in [0, 0.05) is 19.1 Å². The second-order valence-corrected chi connectivity index (χ2v) is 4.80. The SMILES string of the molecule is CCC(C)N(CCC(=O)O)Cc1ccccc1C. The Balaban J connectivity index is 2.72. The highest BCUT2D eigenvalue weighted by Gasteiger charge is 2.14. The van der Waals surface area contributed by atoms with Crippen LogP contribution in [0.4, 0.5) is 0 Å². The molecule has 1 rings (SSSR count). The lowest BCUT2D eigenvalue weighted by atomic mass is 10.1. The van der Waals surface area contributed by atoms with Crippen LogP contribution in [0.15, 0.2) is 24.3 Å². The molecule has 0 radical (unpaired) electrons. The van der Waals surface area contributed by atoms with E-state index in [-0.39, 0.29) is 6.42 Å². The van der Waals surface area contributed by atoms with Gasteiger partial charge in [-0.3, -0.25) is 9.69 Å². The molecule has 0 aromatic heterocycles. The molecule has 1 unspecified atom stereocenters. The molecule has 0 aliphatic heterocycles. The van der Waals surface area contributed by atoms with Crippen LogP contribution in [0.25, 0.3) is 0 Å². The summed E-state index contributed by atoms with van der Waals surface area (Å²) in [6.45, 7) is 7.82. The van der Waals surface area contributed by atoms with Gasteiger partial charge in [0.25, 0.3) is 0 Å². The van der Waals surface area contributed by atoms with Crippen molar-refractivity contribution < 1.29 is 9.90 Å². The normalized spacial score (nSPS) is 12.7. The first-order valence-corrected chi connectivity index (χ1v) is 6.55. The van der Waals surface area contributed by atoms with E-state index in [0.717, 1.165) is 13.0 Å². The van der Waals surface area contributed by atoms with E-state index in [1.165, 1.54) is 11.1 Å². The average Bonchev–Trinajstić information content (AvgIpc) is 2.35. The third-order valence-electron chi connectivity index (χ3n) is 3.46. The third kappa shape index (κ3) is 4.49. The van der Waals surface area contributed by atoms with Gasteiger partial charge >= 0.3 is 5.97 Å². The van der Waals surface area contributed by atoms with Crippen LogP contribution in [0.1, 0.15) is 37.8 Å². The first-order valence-electron chi connectivity index (χ1n) is 6.55. The molecule has 18 heavy (non-hydrogen) atoms. The maximum absolute atomic E-state index is 10.7. The van der Waals surface area contributed by atoms with E-state index < -0.39 is 5.97 Å². The molecule has 0 spiro atoms. The molecule has 3 heteroatoms. The second-order valence-electron chi connectivity index (χ2n) is 4.80. The standard InChI is InChI=1S/C15H23NO2/c1-4-13(3)16(10-9-15(17)18)11-14-8-6-5-7-12(14)2/h5-8,13H,4,9-11H2,1-3H3,(H,17,18). The van der Waals surface area contributed by atoms with Gasteiger partial charge in [-0.25, -0.2) is 0 Å². The Labute approximate surface area is 109 Å². The molecule has 0 fully saturated rings. The maximum atomic E-state index is 10.7. The van der Waals surface area contributed by atoms with Crippen LogP contribution in [-0.2, 0) is 11.3 Å². The summed E-state index contributed by atoms with van der Waals surface area (Å²) in [6, 6.07) is 8.69. The van der Waals surface area contributed by atoms with Crippen LogP contribution in [0.2, 0.25) is 0 Å². The van der Waals surface area contributed by atoms with Crippen molar-refractivity contribution in [3.63, 3.8) is 0 Å². The minimum atomic E-state index is -0.729. The van der Waals surface area contributed by atoms with Crippen molar-refractivity contribution in [3.05, 3.63) is 35.4 Å². The molecular formula is C15H23NO2. The number of rotatable bonds is 7. The summed E-state index contributed by atoms with van der Waals surface area (Å²) < 4.78 is 0. The number of aliphatic carboxylic acids is 1. The Bertz CT molecular complexity index is 390. The van der Waals surface area contributed by atoms with Gasteiger partial charge in [0.2, 0.25) is 0 Å². The number of carbonyl (C=O) groups is 1. The number of nitrogens with zero attached hydrogens (tertiary/aromatic N) is 1. The molecule has 1 aromatic carbocycles. The molecule has 1 atom stereocenters. The van der Waals surface area contributed by atoms with Gasteiger partial charge in [-0.15, -0.1) is 0 Å². The van der Waals surface area contributed by atoms with Crippen molar-refractivity contribution in [2.75, 3.05) is 6.54 Å². The summed E-state index contributed by atoms with van der Waals surface area (Å²) in [4.78, 5) is 13.0. The highest BCUT2D eigenvalue weighted by molar-refractivity contribution is 5.66. The Morgan fingerprint density at radius 2 is 2.06 bits per heavy atom. The highest BCUT2D eigenvalue weighted by Crippen LogP contribution is 2.14. The van der Waals surface area contributed by atoms with E-state index in [1.54, 1.807) is 0 Å².